The summed E-state index contributed by atoms with van der Waals surface area (Å²) >= 11 is 11.7. The van der Waals surface area contributed by atoms with Crippen molar-refractivity contribution in [3.8, 4) is 0 Å². The van der Waals surface area contributed by atoms with Gasteiger partial charge in [-0.25, -0.2) is 0 Å². The van der Waals surface area contributed by atoms with E-state index in [0.29, 0.717) is 16.5 Å². The van der Waals surface area contributed by atoms with Crippen LogP contribution >= 0.6 is 23.2 Å². The van der Waals surface area contributed by atoms with Gasteiger partial charge in [-0.1, -0.05) is 42.1 Å². The lowest BCUT2D eigenvalue weighted by molar-refractivity contribution is -0.123. The van der Waals surface area contributed by atoms with Crippen molar-refractivity contribution < 1.29 is 4.79 Å². The van der Waals surface area contributed by atoms with Crippen molar-refractivity contribution >= 4 is 29.0 Å². The van der Waals surface area contributed by atoms with Crippen molar-refractivity contribution in [1.29, 1.82) is 0 Å². The van der Waals surface area contributed by atoms with Crippen LogP contribution in [-0.2, 0) is 11.2 Å². The summed E-state index contributed by atoms with van der Waals surface area (Å²) in [6.07, 6.45) is 4.03. The molecule has 0 bridgehead atoms. The molecular formula is C13H15Cl2NO. The van der Waals surface area contributed by atoms with E-state index in [4.69, 9.17) is 28.9 Å². The standard InChI is InChI=1S/C13H15Cl2NO/c14-10-4-3-9(7-11(10)15)8-12(17)13(16)5-1-2-6-13/h3-4,7H,1-2,5-6,8,16H2. The molecule has 0 amide bonds. The van der Waals surface area contributed by atoms with Crippen LogP contribution in [0, 0.1) is 0 Å². The fourth-order valence-electron chi connectivity index (χ4n) is 2.30. The molecule has 0 spiro atoms. The van der Waals surface area contributed by atoms with Gasteiger partial charge in [0, 0.05) is 6.42 Å². The van der Waals surface area contributed by atoms with Crippen LogP contribution in [0.15, 0.2) is 18.2 Å². The van der Waals surface area contributed by atoms with Gasteiger partial charge in [0.25, 0.3) is 0 Å². The lowest BCUT2D eigenvalue weighted by Gasteiger charge is -2.21. The van der Waals surface area contributed by atoms with E-state index in [1.54, 1.807) is 12.1 Å². The molecule has 0 radical (unpaired) electrons. The second-order valence-electron chi connectivity index (χ2n) is 4.71. The topological polar surface area (TPSA) is 43.1 Å². The Bertz CT molecular complexity index is 439. The van der Waals surface area contributed by atoms with Gasteiger partial charge in [-0.3, -0.25) is 4.79 Å². The minimum Gasteiger partial charge on any atom is -0.319 e. The number of halogens is 2. The van der Waals surface area contributed by atoms with Crippen molar-refractivity contribution in [2.45, 2.75) is 37.6 Å². The number of hydrogen-bond donors (Lipinski definition) is 1. The van der Waals surface area contributed by atoms with Gasteiger partial charge in [0.2, 0.25) is 0 Å². The average Bonchev–Trinajstić information content (AvgIpc) is 2.72. The summed E-state index contributed by atoms with van der Waals surface area (Å²) in [5.74, 6) is 0.105. The van der Waals surface area contributed by atoms with Crippen molar-refractivity contribution in [3.63, 3.8) is 0 Å². The van der Waals surface area contributed by atoms with Crippen LogP contribution in [0.5, 0.6) is 0 Å². The highest BCUT2D eigenvalue weighted by Gasteiger charge is 2.36. The summed E-state index contributed by atoms with van der Waals surface area (Å²) in [7, 11) is 0. The van der Waals surface area contributed by atoms with E-state index >= 15 is 0 Å². The van der Waals surface area contributed by atoms with Crippen LogP contribution in [-0.4, -0.2) is 11.3 Å². The number of hydrogen-bond acceptors (Lipinski definition) is 2. The number of Topliss-reactive ketones (excluding diaryl/α,β-unsaturated/α-hetero) is 1. The maximum Gasteiger partial charge on any atom is 0.156 e. The molecular weight excluding hydrogens is 257 g/mol. The van der Waals surface area contributed by atoms with Crippen LogP contribution in [0.2, 0.25) is 10.0 Å². The Kier molecular flexibility index (Phi) is 3.76. The fourth-order valence-corrected chi connectivity index (χ4v) is 2.62. The number of nitrogens with two attached hydrogens (primary N) is 1. The Labute approximate surface area is 111 Å². The largest absolute Gasteiger partial charge is 0.319 e. The molecule has 92 valence electrons. The number of benzene rings is 1. The Morgan fingerprint density at radius 2 is 1.88 bits per heavy atom. The SMILES string of the molecule is NC1(C(=O)Cc2ccc(Cl)c(Cl)c2)CCCC1. The third-order valence-electron chi connectivity index (χ3n) is 3.40. The Hall–Kier alpha value is -0.570. The molecule has 2 N–H and O–H groups in total. The van der Waals surface area contributed by atoms with Gasteiger partial charge in [-0.05, 0) is 30.5 Å². The molecule has 4 heteroatoms. The zero-order chi connectivity index (χ0) is 12.5. The van der Waals surface area contributed by atoms with E-state index in [2.05, 4.69) is 0 Å². The number of carbonyl (C=O) groups is 1. The van der Waals surface area contributed by atoms with Gasteiger partial charge >= 0.3 is 0 Å². The number of ketones is 1. The van der Waals surface area contributed by atoms with E-state index in [-0.39, 0.29) is 5.78 Å². The summed E-state index contributed by atoms with van der Waals surface area (Å²) in [5, 5.41) is 0.987. The first-order chi connectivity index (χ1) is 8.01. The molecule has 0 heterocycles. The number of rotatable bonds is 3. The van der Waals surface area contributed by atoms with Gasteiger partial charge in [-0.2, -0.15) is 0 Å². The normalized spacial score (nSPS) is 18.3. The Morgan fingerprint density at radius 1 is 1.24 bits per heavy atom. The zero-order valence-corrected chi connectivity index (χ0v) is 11.0. The summed E-state index contributed by atoms with van der Waals surface area (Å²) in [6, 6.07) is 5.27. The molecule has 0 unspecified atom stereocenters. The van der Waals surface area contributed by atoms with E-state index in [1.807, 2.05) is 6.07 Å². The fraction of sp³-hybridized carbons (Fsp3) is 0.462. The molecule has 1 fully saturated rings. The van der Waals surface area contributed by atoms with Crippen molar-refractivity contribution in [3.05, 3.63) is 33.8 Å². The van der Waals surface area contributed by atoms with Gasteiger partial charge in [0.05, 0.1) is 15.6 Å². The Morgan fingerprint density at radius 3 is 2.47 bits per heavy atom. The summed E-state index contributed by atoms with van der Waals surface area (Å²) in [4.78, 5) is 12.1. The minimum atomic E-state index is -0.619. The Balaban J connectivity index is 2.10. The second kappa shape index (κ2) is 4.97. The first kappa shape index (κ1) is 12.9. The van der Waals surface area contributed by atoms with E-state index in [0.717, 1.165) is 31.2 Å². The molecule has 0 atom stereocenters. The van der Waals surface area contributed by atoms with Gasteiger partial charge in [-0.15, -0.1) is 0 Å². The van der Waals surface area contributed by atoms with E-state index in [1.165, 1.54) is 0 Å². The predicted molar refractivity (Wildman–Crippen MR) is 70.6 cm³/mol. The maximum absolute atomic E-state index is 12.1. The first-order valence-corrected chi connectivity index (χ1v) is 6.53. The van der Waals surface area contributed by atoms with E-state index < -0.39 is 5.54 Å². The molecule has 1 aliphatic carbocycles. The second-order valence-corrected chi connectivity index (χ2v) is 5.53. The number of carbonyl (C=O) groups excluding carboxylic acids is 1. The quantitative estimate of drug-likeness (QED) is 0.916. The smallest absolute Gasteiger partial charge is 0.156 e. The summed E-state index contributed by atoms with van der Waals surface area (Å²) in [6.45, 7) is 0. The highest BCUT2D eigenvalue weighted by Crippen LogP contribution is 2.30. The molecule has 0 saturated heterocycles. The third-order valence-corrected chi connectivity index (χ3v) is 4.14. The zero-order valence-electron chi connectivity index (χ0n) is 9.51. The maximum atomic E-state index is 12.1. The van der Waals surface area contributed by atoms with Crippen molar-refractivity contribution in [2.75, 3.05) is 0 Å². The molecule has 2 rings (SSSR count). The first-order valence-electron chi connectivity index (χ1n) is 5.77. The molecule has 1 aromatic carbocycles. The molecule has 0 aliphatic heterocycles. The minimum absolute atomic E-state index is 0.105. The molecule has 1 saturated carbocycles. The molecule has 17 heavy (non-hydrogen) atoms. The lowest BCUT2D eigenvalue weighted by Crippen LogP contribution is -2.46. The summed E-state index contributed by atoms with van der Waals surface area (Å²) in [5.41, 5.74) is 6.37. The van der Waals surface area contributed by atoms with Crippen LogP contribution in [0.3, 0.4) is 0 Å². The van der Waals surface area contributed by atoms with Crippen LogP contribution < -0.4 is 5.73 Å². The molecule has 1 aliphatic rings. The highest BCUT2D eigenvalue weighted by molar-refractivity contribution is 6.42. The predicted octanol–water partition coefficient (Wildman–Crippen LogP) is 3.38. The van der Waals surface area contributed by atoms with Gasteiger partial charge < -0.3 is 5.73 Å². The average molecular weight is 272 g/mol. The van der Waals surface area contributed by atoms with Crippen LogP contribution in [0.4, 0.5) is 0 Å². The molecule has 0 aromatic heterocycles. The molecule has 1 aromatic rings. The summed E-state index contributed by atoms with van der Waals surface area (Å²) < 4.78 is 0. The monoisotopic (exact) mass is 271 g/mol. The third kappa shape index (κ3) is 2.82. The van der Waals surface area contributed by atoms with Crippen LogP contribution in [0.25, 0.3) is 0 Å². The van der Waals surface area contributed by atoms with Gasteiger partial charge in [0.15, 0.2) is 5.78 Å². The van der Waals surface area contributed by atoms with Crippen molar-refractivity contribution in [1.82, 2.24) is 0 Å². The molecule has 2 nitrogen and oxygen atoms in total. The van der Waals surface area contributed by atoms with Gasteiger partial charge in [0.1, 0.15) is 0 Å². The van der Waals surface area contributed by atoms with E-state index in [9.17, 15) is 4.79 Å². The highest BCUT2D eigenvalue weighted by atomic mass is 35.5. The van der Waals surface area contributed by atoms with Crippen LogP contribution in [0.1, 0.15) is 31.2 Å². The van der Waals surface area contributed by atoms with Crippen molar-refractivity contribution in [2.24, 2.45) is 5.73 Å². The lowest BCUT2D eigenvalue weighted by atomic mass is 9.89.